The van der Waals surface area contributed by atoms with Gasteiger partial charge in [0.1, 0.15) is 5.75 Å². The maximum Gasteiger partial charge on any atom is 0.251 e. The second-order valence-electron chi connectivity index (χ2n) is 4.86. The van der Waals surface area contributed by atoms with E-state index in [0.717, 1.165) is 13.0 Å². The highest BCUT2D eigenvalue weighted by atomic mass is 16.5. The van der Waals surface area contributed by atoms with Crippen LogP contribution in [0.4, 0.5) is 0 Å². The number of unbranched alkanes of at least 4 members (excludes halogenated alkanes) is 1. The number of benzene rings is 1. The van der Waals surface area contributed by atoms with E-state index in [2.05, 4.69) is 19.2 Å². The monoisotopic (exact) mass is 263 g/mol. The first-order chi connectivity index (χ1) is 9.21. The Hall–Kier alpha value is -1.51. The summed E-state index contributed by atoms with van der Waals surface area (Å²) < 4.78 is 5.12. The van der Waals surface area contributed by atoms with Crippen LogP contribution >= 0.6 is 0 Å². The zero-order chi connectivity index (χ0) is 14.1. The van der Waals surface area contributed by atoms with Crippen LogP contribution in [0.15, 0.2) is 24.3 Å². The molecule has 0 bridgehead atoms. The van der Waals surface area contributed by atoms with Gasteiger partial charge < -0.3 is 10.1 Å². The zero-order valence-electron chi connectivity index (χ0n) is 12.2. The number of rotatable bonds is 8. The maximum absolute atomic E-state index is 12.0. The molecule has 0 saturated heterocycles. The van der Waals surface area contributed by atoms with Crippen molar-refractivity contribution in [1.82, 2.24) is 5.32 Å². The molecular weight excluding hydrogens is 238 g/mol. The first kappa shape index (κ1) is 15.5. The van der Waals surface area contributed by atoms with Gasteiger partial charge in [0.05, 0.1) is 7.11 Å². The highest BCUT2D eigenvalue weighted by molar-refractivity contribution is 5.94. The molecule has 1 aromatic carbocycles. The molecule has 1 atom stereocenters. The van der Waals surface area contributed by atoms with Crippen molar-refractivity contribution >= 4 is 5.91 Å². The molecule has 0 heterocycles. The number of ether oxygens (including phenoxy) is 1. The minimum absolute atomic E-state index is 0.0196. The van der Waals surface area contributed by atoms with Crippen LogP contribution in [0.25, 0.3) is 0 Å². The lowest BCUT2D eigenvalue weighted by atomic mass is 9.99. The van der Waals surface area contributed by atoms with Crippen molar-refractivity contribution in [3.63, 3.8) is 0 Å². The number of hydrogen-bond donors (Lipinski definition) is 1. The number of carbonyl (C=O) groups excluding carboxylic acids is 1. The number of nitrogens with one attached hydrogen (secondary N) is 1. The Morgan fingerprint density at radius 1 is 1.37 bits per heavy atom. The van der Waals surface area contributed by atoms with Crippen molar-refractivity contribution < 1.29 is 9.53 Å². The van der Waals surface area contributed by atoms with E-state index in [1.54, 1.807) is 13.2 Å². The lowest BCUT2D eigenvalue weighted by Crippen LogP contribution is -2.29. The van der Waals surface area contributed by atoms with Crippen LogP contribution in [0.1, 0.15) is 49.9 Å². The van der Waals surface area contributed by atoms with Crippen molar-refractivity contribution in [3.8, 4) is 5.75 Å². The SMILES string of the molecule is CCCCC(CC)CNC(=O)c1cccc(OC)c1. The van der Waals surface area contributed by atoms with Gasteiger partial charge in [0.25, 0.3) is 5.91 Å². The van der Waals surface area contributed by atoms with E-state index in [0.29, 0.717) is 17.2 Å². The highest BCUT2D eigenvalue weighted by Crippen LogP contribution is 2.14. The molecule has 3 nitrogen and oxygen atoms in total. The smallest absolute Gasteiger partial charge is 0.251 e. The van der Waals surface area contributed by atoms with E-state index in [4.69, 9.17) is 4.74 Å². The third-order valence-electron chi connectivity index (χ3n) is 3.43. The fourth-order valence-corrected chi connectivity index (χ4v) is 2.05. The van der Waals surface area contributed by atoms with E-state index in [-0.39, 0.29) is 5.91 Å². The molecule has 0 aliphatic carbocycles. The van der Waals surface area contributed by atoms with Gasteiger partial charge in [0.15, 0.2) is 0 Å². The lowest BCUT2D eigenvalue weighted by molar-refractivity contribution is 0.0945. The Kier molecular flexibility index (Phi) is 7.01. The molecule has 106 valence electrons. The predicted molar refractivity (Wildman–Crippen MR) is 78.6 cm³/mol. The Balaban J connectivity index is 2.49. The standard InChI is InChI=1S/C16H25NO2/c1-4-6-8-13(5-2)12-17-16(18)14-9-7-10-15(11-14)19-3/h7,9-11,13H,4-6,8,12H2,1-3H3,(H,17,18). The minimum atomic E-state index is -0.0196. The average Bonchev–Trinajstić information content (AvgIpc) is 2.47. The Bertz CT molecular complexity index is 390. The fourth-order valence-electron chi connectivity index (χ4n) is 2.05. The molecule has 1 rings (SSSR count). The molecular formula is C16H25NO2. The maximum atomic E-state index is 12.0. The summed E-state index contributed by atoms with van der Waals surface area (Å²) in [4.78, 5) is 12.0. The highest BCUT2D eigenvalue weighted by Gasteiger charge is 2.10. The van der Waals surface area contributed by atoms with Gasteiger partial charge in [-0.2, -0.15) is 0 Å². The molecule has 0 radical (unpaired) electrons. The number of hydrogen-bond acceptors (Lipinski definition) is 2. The third-order valence-corrected chi connectivity index (χ3v) is 3.43. The van der Waals surface area contributed by atoms with E-state index < -0.39 is 0 Å². The largest absolute Gasteiger partial charge is 0.497 e. The van der Waals surface area contributed by atoms with Crippen LogP contribution in [0.5, 0.6) is 5.75 Å². The minimum Gasteiger partial charge on any atom is -0.497 e. The molecule has 0 saturated carbocycles. The number of amides is 1. The van der Waals surface area contributed by atoms with Gasteiger partial charge in [-0.3, -0.25) is 4.79 Å². The summed E-state index contributed by atoms with van der Waals surface area (Å²) in [5.74, 6) is 1.27. The van der Waals surface area contributed by atoms with E-state index in [9.17, 15) is 4.79 Å². The topological polar surface area (TPSA) is 38.3 Å². The molecule has 0 aliphatic heterocycles. The van der Waals surface area contributed by atoms with Crippen LogP contribution in [0, 0.1) is 5.92 Å². The molecule has 19 heavy (non-hydrogen) atoms. The Morgan fingerprint density at radius 2 is 2.16 bits per heavy atom. The van der Waals surface area contributed by atoms with Crippen LogP contribution in [-0.2, 0) is 0 Å². The number of carbonyl (C=O) groups is 1. The second kappa shape index (κ2) is 8.57. The Labute approximate surface area is 116 Å². The summed E-state index contributed by atoms with van der Waals surface area (Å²) in [6.07, 6.45) is 4.73. The van der Waals surface area contributed by atoms with Gasteiger partial charge in [-0.15, -0.1) is 0 Å². The van der Waals surface area contributed by atoms with Gasteiger partial charge in [-0.1, -0.05) is 39.2 Å². The molecule has 0 spiro atoms. The summed E-state index contributed by atoms with van der Waals surface area (Å²) in [6, 6.07) is 7.25. The molecule has 1 aromatic rings. The lowest BCUT2D eigenvalue weighted by Gasteiger charge is -2.15. The van der Waals surface area contributed by atoms with Gasteiger partial charge in [-0.25, -0.2) is 0 Å². The summed E-state index contributed by atoms with van der Waals surface area (Å²) in [6.45, 7) is 5.13. The molecule has 1 amide bonds. The van der Waals surface area contributed by atoms with Crippen LogP contribution in [0.3, 0.4) is 0 Å². The van der Waals surface area contributed by atoms with Crippen molar-refractivity contribution in [2.24, 2.45) is 5.92 Å². The third kappa shape index (κ3) is 5.33. The van der Waals surface area contributed by atoms with Gasteiger partial charge >= 0.3 is 0 Å². The quantitative estimate of drug-likeness (QED) is 0.777. The van der Waals surface area contributed by atoms with Crippen LogP contribution < -0.4 is 10.1 Å². The van der Waals surface area contributed by atoms with Crippen molar-refractivity contribution in [2.75, 3.05) is 13.7 Å². The van der Waals surface area contributed by atoms with E-state index in [1.165, 1.54) is 19.3 Å². The molecule has 0 aliphatic rings. The molecule has 3 heteroatoms. The van der Waals surface area contributed by atoms with E-state index in [1.807, 2.05) is 18.2 Å². The van der Waals surface area contributed by atoms with E-state index >= 15 is 0 Å². The summed E-state index contributed by atoms with van der Waals surface area (Å²) in [5, 5.41) is 3.02. The predicted octanol–water partition coefficient (Wildman–Crippen LogP) is 3.64. The van der Waals surface area contributed by atoms with Crippen LogP contribution in [0.2, 0.25) is 0 Å². The first-order valence-electron chi connectivity index (χ1n) is 7.13. The summed E-state index contributed by atoms with van der Waals surface area (Å²) in [7, 11) is 1.61. The molecule has 0 fully saturated rings. The molecule has 0 aromatic heterocycles. The van der Waals surface area contributed by atoms with Gasteiger partial charge in [0, 0.05) is 12.1 Å². The molecule has 1 unspecified atom stereocenters. The first-order valence-corrected chi connectivity index (χ1v) is 7.13. The summed E-state index contributed by atoms with van der Waals surface area (Å²) >= 11 is 0. The number of methoxy groups -OCH3 is 1. The molecule has 1 N–H and O–H groups in total. The Morgan fingerprint density at radius 3 is 2.79 bits per heavy atom. The van der Waals surface area contributed by atoms with Gasteiger partial charge in [-0.05, 0) is 30.5 Å². The van der Waals surface area contributed by atoms with Crippen molar-refractivity contribution in [2.45, 2.75) is 39.5 Å². The zero-order valence-corrected chi connectivity index (χ0v) is 12.2. The van der Waals surface area contributed by atoms with Crippen molar-refractivity contribution in [3.05, 3.63) is 29.8 Å². The van der Waals surface area contributed by atoms with Gasteiger partial charge in [0.2, 0.25) is 0 Å². The fraction of sp³-hybridized carbons (Fsp3) is 0.562. The van der Waals surface area contributed by atoms with Crippen molar-refractivity contribution in [1.29, 1.82) is 0 Å². The average molecular weight is 263 g/mol. The van der Waals surface area contributed by atoms with Crippen LogP contribution in [-0.4, -0.2) is 19.6 Å². The summed E-state index contributed by atoms with van der Waals surface area (Å²) in [5.41, 5.74) is 0.657. The normalized spacial score (nSPS) is 11.9. The second-order valence-corrected chi connectivity index (χ2v) is 4.86.